The summed E-state index contributed by atoms with van der Waals surface area (Å²) >= 11 is 5.49. The molecule has 0 radical (unpaired) electrons. The lowest BCUT2D eigenvalue weighted by molar-refractivity contribution is 0.317. The highest BCUT2D eigenvalue weighted by atomic mass is 32.1. The van der Waals surface area contributed by atoms with Crippen molar-refractivity contribution in [2.24, 2.45) is 11.8 Å². The second kappa shape index (κ2) is 5.62. The van der Waals surface area contributed by atoms with Crippen LogP contribution in [-0.4, -0.2) is 24.5 Å². The zero-order chi connectivity index (χ0) is 17.0. The highest BCUT2D eigenvalue weighted by molar-refractivity contribution is 7.71. The fourth-order valence-corrected chi connectivity index (χ4v) is 4.98. The molecule has 7 heteroatoms. The van der Waals surface area contributed by atoms with Crippen molar-refractivity contribution in [3.63, 3.8) is 0 Å². The van der Waals surface area contributed by atoms with E-state index in [0.29, 0.717) is 28.7 Å². The minimum atomic E-state index is -0.0912. The Kier molecular flexibility index (Phi) is 3.38. The van der Waals surface area contributed by atoms with Crippen LogP contribution in [-0.2, 0) is 6.54 Å². The SMILES string of the molecule is O=c1c2ccccc2cnn1Cc1n[nH]c(=S)n1[C@@H]1C[C@H]2CC[C@@H]1C2. The van der Waals surface area contributed by atoms with Gasteiger partial charge in [0.15, 0.2) is 10.6 Å². The van der Waals surface area contributed by atoms with Crippen molar-refractivity contribution in [1.29, 1.82) is 0 Å². The molecule has 2 saturated carbocycles. The van der Waals surface area contributed by atoms with E-state index < -0.39 is 0 Å². The van der Waals surface area contributed by atoms with Gasteiger partial charge in [-0.25, -0.2) is 4.68 Å². The molecule has 0 aliphatic heterocycles. The van der Waals surface area contributed by atoms with Gasteiger partial charge in [-0.05, 0) is 49.4 Å². The Bertz CT molecular complexity index is 1070. The number of nitrogens with zero attached hydrogens (tertiary/aromatic N) is 4. The first-order valence-corrected chi connectivity index (χ1v) is 9.22. The zero-order valence-electron chi connectivity index (χ0n) is 13.8. The molecule has 25 heavy (non-hydrogen) atoms. The highest BCUT2D eigenvalue weighted by Crippen LogP contribution is 2.50. The topological polar surface area (TPSA) is 68.5 Å². The predicted molar refractivity (Wildman–Crippen MR) is 97.0 cm³/mol. The van der Waals surface area contributed by atoms with Crippen LogP contribution in [0.25, 0.3) is 10.8 Å². The van der Waals surface area contributed by atoms with Gasteiger partial charge in [0.2, 0.25) is 0 Å². The lowest BCUT2D eigenvalue weighted by Gasteiger charge is -2.24. The van der Waals surface area contributed by atoms with Crippen LogP contribution in [0.1, 0.15) is 37.5 Å². The number of fused-ring (bicyclic) bond motifs is 3. The number of hydrogen-bond acceptors (Lipinski definition) is 4. The summed E-state index contributed by atoms with van der Waals surface area (Å²) in [6, 6.07) is 7.94. The van der Waals surface area contributed by atoms with Gasteiger partial charge in [0.25, 0.3) is 5.56 Å². The molecule has 2 fully saturated rings. The molecule has 6 nitrogen and oxygen atoms in total. The molecule has 2 aliphatic carbocycles. The summed E-state index contributed by atoms with van der Waals surface area (Å²) in [7, 11) is 0. The molecule has 0 saturated heterocycles. The Hall–Kier alpha value is -2.28. The van der Waals surface area contributed by atoms with E-state index >= 15 is 0 Å². The molecule has 1 N–H and O–H groups in total. The largest absolute Gasteiger partial charge is 0.299 e. The third-order valence-corrected chi connectivity index (χ3v) is 6.15. The number of H-pyrrole nitrogens is 1. The Morgan fingerprint density at radius 1 is 1.24 bits per heavy atom. The van der Waals surface area contributed by atoms with Crippen LogP contribution < -0.4 is 5.56 Å². The van der Waals surface area contributed by atoms with E-state index in [0.717, 1.165) is 17.1 Å². The molecular formula is C18H19N5OS. The number of rotatable bonds is 3. The van der Waals surface area contributed by atoms with Crippen LogP contribution in [0.4, 0.5) is 0 Å². The summed E-state index contributed by atoms with van der Waals surface area (Å²) in [4.78, 5) is 12.7. The standard InChI is InChI=1S/C18H19N5OS/c24-17-14-4-2-1-3-13(14)9-19-22(17)10-16-20-21-18(25)23(16)15-8-11-5-6-12(15)7-11/h1-4,9,11-12,15H,5-8,10H2,(H,21,25)/t11-,12+,15+/m0/s1. The van der Waals surface area contributed by atoms with Crippen LogP contribution >= 0.6 is 12.2 Å². The van der Waals surface area contributed by atoms with Crippen LogP contribution in [0.3, 0.4) is 0 Å². The molecule has 5 rings (SSSR count). The van der Waals surface area contributed by atoms with E-state index in [1.165, 1.54) is 30.4 Å². The maximum absolute atomic E-state index is 12.7. The predicted octanol–water partition coefficient (Wildman–Crippen LogP) is 3.06. The molecule has 2 bridgehead atoms. The third-order valence-electron chi connectivity index (χ3n) is 5.86. The van der Waals surface area contributed by atoms with Crippen molar-refractivity contribution in [3.8, 4) is 0 Å². The van der Waals surface area contributed by atoms with Gasteiger partial charge in [0, 0.05) is 11.4 Å². The monoisotopic (exact) mass is 353 g/mol. The molecule has 0 spiro atoms. The van der Waals surface area contributed by atoms with E-state index in [1.54, 1.807) is 6.20 Å². The Balaban J connectivity index is 1.55. The summed E-state index contributed by atoms with van der Waals surface area (Å²) in [5.74, 6) is 2.31. The van der Waals surface area contributed by atoms with Crippen molar-refractivity contribution in [2.45, 2.75) is 38.3 Å². The quantitative estimate of drug-likeness (QED) is 0.735. The molecule has 2 aliphatic rings. The average molecular weight is 353 g/mol. The fourth-order valence-electron chi connectivity index (χ4n) is 4.69. The van der Waals surface area contributed by atoms with Gasteiger partial charge in [0.1, 0.15) is 6.54 Å². The van der Waals surface area contributed by atoms with Crippen molar-refractivity contribution in [3.05, 3.63) is 51.4 Å². The third kappa shape index (κ3) is 2.37. The van der Waals surface area contributed by atoms with Gasteiger partial charge in [-0.2, -0.15) is 10.2 Å². The lowest BCUT2D eigenvalue weighted by atomic mass is 9.95. The Morgan fingerprint density at radius 2 is 2.12 bits per heavy atom. The smallest absolute Gasteiger partial charge is 0.275 e. The molecule has 3 atom stereocenters. The first-order valence-electron chi connectivity index (χ1n) is 8.81. The number of benzene rings is 1. The lowest BCUT2D eigenvalue weighted by Crippen LogP contribution is -2.26. The van der Waals surface area contributed by atoms with Gasteiger partial charge in [-0.15, -0.1) is 0 Å². The number of hydrogen-bond donors (Lipinski definition) is 1. The van der Waals surface area contributed by atoms with Gasteiger partial charge in [-0.1, -0.05) is 24.6 Å². The first-order chi connectivity index (χ1) is 12.2. The molecule has 0 unspecified atom stereocenters. The Morgan fingerprint density at radius 3 is 2.92 bits per heavy atom. The molecule has 1 aromatic carbocycles. The summed E-state index contributed by atoms with van der Waals surface area (Å²) in [6.45, 7) is 0.338. The number of aromatic nitrogens is 5. The summed E-state index contributed by atoms with van der Waals surface area (Å²) in [5.41, 5.74) is -0.0912. The second-order valence-electron chi connectivity index (χ2n) is 7.25. The van der Waals surface area contributed by atoms with Gasteiger partial charge in [-0.3, -0.25) is 14.5 Å². The summed E-state index contributed by atoms with van der Waals surface area (Å²) in [6.07, 6.45) is 6.82. The minimum absolute atomic E-state index is 0.0912. The van der Waals surface area contributed by atoms with E-state index in [1.807, 2.05) is 24.3 Å². The van der Waals surface area contributed by atoms with Gasteiger partial charge < -0.3 is 0 Å². The summed E-state index contributed by atoms with van der Waals surface area (Å²) in [5, 5.41) is 13.2. The maximum Gasteiger partial charge on any atom is 0.275 e. The second-order valence-corrected chi connectivity index (χ2v) is 7.64. The molecule has 2 heterocycles. The van der Waals surface area contributed by atoms with Crippen molar-refractivity contribution in [1.82, 2.24) is 24.5 Å². The average Bonchev–Trinajstić information content (AvgIpc) is 3.33. The number of nitrogens with one attached hydrogen (secondary N) is 1. The fraction of sp³-hybridized carbons (Fsp3) is 0.444. The number of aromatic amines is 1. The maximum atomic E-state index is 12.7. The van der Waals surface area contributed by atoms with Crippen LogP contribution in [0, 0.1) is 16.6 Å². The van der Waals surface area contributed by atoms with E-state index in [-0.39, 0.29) is 5.56 Å². The van der Waals surface area contributed by atoms with Crippen LogP contribution in [0.2, 0.25) is 0 Å². The van der Waals surface area contributed by atoms with Crippen LogP contribution in [0.5, 0.6) is 0 Å². The molecule has 3 aromatic rings. The van der Waals surface area contributed by atoms with Crippen LogP contribution in [0.15, 0.2) is 35.3 Å². The highest BCUT2D eigenvalue weighted by Gasteiger charge is 2.41. The molecular weight excluding hydrogens is 334 g/mol. The van der Waals surface area contributed by atoms with Crippen molar-refractivity contribution >= 4 is 23.0 Å². The van der Waals surface area contributed by atoms with E-state index in [4.69, 9.17) is 12.2 Å². The van der Waals surface area contributed by atoms with Crippen molar-refractivity contribution in [2.75, 3.05) is 0 Å². The normalized spacial score (nSPS) is 25.0. The summed E-state index contributed by atoms with van der Waals surface area (Å²) < 4.78 is 4.28. The molecule has 128 valence electrons. The van der Waals surface area contributed by atoms with E-state index in [2.05, 4.69) is 19.9 Å². The van der Waals surface area contributed by atoms with Gasteiger partial charge in [0.05, 0.1) is 11.6 Å². The van der Waals surface area contributed by atoms with Crippen molar-refractivity contribution < 1.29 is 0 Å². The molecule has 0 amide bonds. The minimum Gasteiger partial charge on any atom is -0.299 e. The van der Waals surface area contributed by atoms with E-state index in [9.17, 15) is 4.79 Å². The van der Waals surface area contributed by atoms with Gasteiger partial charge >= 0.3 is 0 Å². The Labute approximate surface area is 149 Å². The zero-order valence-corrected chi connectivity index (χ0v) is 14.6. The molecule has 2 aromatic heterocycles. The first kappa shape index (κ1) is 15.0.